The molecule has 0 N–H and O–H groups in total. The number of hydrogen-bond acceptors (Lipinski definition) is 6. The molecule has 0 bridgehead atoms. The number of carbonyl (C=O) groups is 3. The van der Waals surface area contributed by atoms with E-state index < -0.39 is 6.10 Å². The van der Waals surface area contributed by atoms with Gasteiger partial charge in [-0.3, -0.25) is 14.4 Å². The first kappa shape index (κ1) is 77.6. The lowest BCUT2D eigenvalue weighted by Gasteiger charge is -2.18. The van der Waals surface area contributed by atoms with E-state index >= 15 is 0 Å². The van der Waals surface area contributed by atoms with E-state index in [0.29, 0.717) is 19.3 Å². The van der Waals surface area contributed by atoms with Gasteiger partial charge in [-0.15, -0.1) is 0 Å². The zero-order chi connectivity index (χ0) is 58.5. The van der Waals surface area contributed by atoms with Crippen molar-refractivity contribution in [1.82, 2.24) is 0 Å². The van der Waals surface area contributed by atoms with Gasteiger partial charge in [0.05, 0.1) is 0 Å². The van der Waals surface area contributed by atoms with Gasteiger partial charge >= 0.3 is 17.9 Å². The molecule has 0 aliphatic rings. The molecule has 468 valence electrons. The molecule has 81 heavy (non-hydrogen) atoms. The second-order valence-electron chi connectivity index (χ2n) is 23.4. The number of carbonyl (C=O) groups excluding carboxylic acids is 3. The molecule has 0 spiro atoms. The van der Waals surface area contributed by atoms with E-state index in [1.54, 1.807) is 0 Å². The van der Waals surface area contributed by atoms with Crippen LogP contribution in [-0.4, -0.2) is 37.2 Å². The molecular weight excluding hydrogens is 997 g/mol. The summed E-state index contributed by atoms with van der Waals surface area (Å²) in [6, 6.07) is 0. The van der Waals surface area contributed by atoms with Crippen LogP contribution in [0.4, 0.5) is 0 Å². The molecule has 0 heterocycles. The van der Waals surface area contributed by atoms with Gasteiger partial charge in [-0.05, 0) is 96.3 Å². The number of ether oxygens (including phenoxy) is 3. The minimum absolute atomic E-state index is 0.0723. The molecule has 0 saturated carbocycles. The van der Waals surface area contributed by atoms with Gasteiger partial charge in [-0.2, -0.15) is 0 Å². The van der Waals surface area contributed by atoms with E-state index in [2.05, 4.69) is 106 Å². The predicted molar refractivity (Wildman–Crippen MR) is 353 cm³/mol. The minimum atomic E-state index is -0.771. The zero-order valence-electron chi connectivity index (χ0n) is 53.8. The summed E-state index contributed by atoms with van der Waals surface area (Å²) in [5, 5.41) is 0. The highest BCUT2D eigenvalue weighted by Crippen LogP contribution is 2.18. The molecule has 0 aromatic rings. The quantitative estimate of drug-likeness (QED) is 0.0261. The smallest absolute Gasteiger partial charge is 0.306 e. The lowest BCUT2D eigenvalue weighted by molar-refractivity contribution is -0.167. The van der Waals surface area contributed by atoms with Crippen molar-refractivity contribution >= 4 is 17.9 Å². The van der Waals surface area contributed by atoms with Crippen LogP contribution >= 0.6 is 0 Å². The summed E-state index contributed by atoms with van der Waals surface area (Å²) in [7, 11) is 0. The Balaban J connectivity index is 3.94. The third-order valence-electron chi connectivity index (χ3n) is 15.4. The van der Waals surface area contributed by atoms with Crippen LogP contribution in [0.25, 0.3) is 0 Å². The van der Waals surface area contributed by atoms with Crippen molar-refractivity contribution in [2.24, 2.45) is 0 Å². The molecule has 0 aromatic carbocycles. The van der Waals surface area contributed by atoms with Crippen molar-refractivity contribution < 1.29 is 28.6 Å². The Hall–Kier alpha value is -3.41. The summed E-state index contributed by atoms with van der Waals surface area (Å²) in [6.07, 6.45) is 92.4. The van der Waals surface area contributed by atoms with E-state index in [-0.39, 0.29) is 31.1 Å². The van der Waals surface area contributed by atoms with Crippen LogP contribution in [0.1, 0.15) is 355 Å². The first-order chi connectivity index (χ1) is 40.0. The van der Waals surface area contributed by atoms with Crippen molar-refractivity contribution in [3.8, 4) is 0 Å². The van der Waals surface area contributed by atoms with Crippen molar-refractivity contribution in [3.05, 3.63) is 85.1 Å². The van der Waals surface area contributed by atoms with Gasteiger partial charge in [0.1, 0.15) is 13.2 Å². The van der Waals surface area contributed by atoms with E-state index in [9.17, 15) is 14.4 Å². The average molecular weight is 1130 g/mol. The maximum atomic E-state index is 12.8. The van der Waals surface area contributed by atoms with Crippen LogP contribution in [0, 0.1) is 0 Å². The second-order valence-corrected chi connectivity index (χ2v) is 23.4. The highest BCUT2D eigenvalue weighted by atomic mass is 16.6. The molecule has 0 aliphatic heterocycles. The molecule has 6 nitrogen and oxygen atoms in total. The topological polar surface area (TPSA) is 78.9 Å². The number of unbranched alkanes of at least 4 members (excludes halogenated alkanes) is 39. The highest BCUT2D eigenvalue weighted by molar-refractivity contribution is 5.71. The lowest BCUT2D eigenvalue weighted by atomic mass is 10.0. The fourth-order valence-electron chi connectivity index (χ4n) is 10.2. The monoisotopic (exact) mass is 1130 g/mol. The molecule has 1 unspecified atom stereocenters. The van der Waals surface area contributed by atoms with Crippen LogP contribution in [0.3, 0.4) is 0 Å². The fourth-order valence-corrected chi connectivity index (χ4v) is 10.2. The number of esters is 3. The van der Waals surface area contributed by atoms with Gasteiger partial charge in [0, 0.05) is 19.3 Å². The molecule has 6 heteroatoms. The van der Waals surface area contributed by atoms with Crippen LogP contribution in [0.5, 0.6) is 0 Å². The Labute approximate surface area is 503 Å². The third-order valence-corrected chi connectivity index (χ3v) is 15.4. The molecule has 1 atom stereocenters. The fraction of sp³-hybridized carbons (Fsp3) is 0.773. The van der Waals surface area contributed by atoms with Crippen LogP contribution in [-0.2, 0) is 28.6 Å². The van der Waals surface area contributed by atoms with Crippen LogP contribution < -0.4 is 0 Å². The van der Waals surface area contributed by atoms with E-state index in [1.165, 1.54) is 212 Å². The maximum Gasteiger partial charge on any atom is 0.306 e. The van der Waals surface area contributed by atoms with Gasteiger partial charge in [0.25, 0.3) is 0 Å². The summed E-state index contributed by atoms with van der Waals surface area (Å²) in [5.74, 6) is -0.870. The number of hydrogen-bond donors (Lipinski definition) is 0. The average Bonchev–Trinajstić information content (AvgIpc) is 3.47. The first-order valence-electron chi connectivity index (χ1n) is 35.1. The molecular formula is C75H132O6. The molecule has 0 rings (SSSR count). The zero-order valence-corrected chi connectivity index (χ0v) is 53.8. The Morgan fingerprint density at radius 1 is 0.259 bits per heavy atom. The first-order valence-corrected chi connectivity index (χ1v) is 35.1. The predicted octanol–water partition coefficient (Wildman–Crippen LogP) is 24.2. The van der Waals surface area contributed by atoms with E-state index in [4.69, 9.17) is 14.2 Å². The Morgan fingerprint density at radius 2 is 0.481 bits per heavy atom. The van der Waals surface area contributed by atoms with Crippen molar-refractivity contribution in [3.63, 3.8) is 0 Å². The summed E-state index contributed by atoms with van der Waals surface area (Å²) >= 11 is 0. The SMILES string of the molecule is CC/C=C\C/C=C\C/C=C\C/C=C\C/C=C\C/C=C\CCCCCCCCCCCCCCCCCCC(=O)OCC(COC(=O)CCCCCCC)OC(=O)CCCCCCCCCCCCC/C=C\CCCCCCCCCC. The second kappa shape index (κ2) is 69.1. The third kappa shape index (κ3) is 67.3. The van der Waals surface area contributed by atoms with E-state index in [1.807, 2.05) is 0 Å². The summed E-state index contributed by atoms with van der Waals surface area (Å²) in [6.45, 7) is 6.48. The number of rotatable bonds is 64. The summed E-state index contributed by atoms with van der Waals surface area (Å²) < 4.78 is 16.8. The molecule has 0 radical (unpaired) electrons. The molecule has 0 aliphatic carbocycles. The molecule has 0 aromatic heterocycles. The van der Waals surface area contributed by atoms with Crippen molar-refractivity contribution in [2.75, 3.05) is 13.2 Å². The van der Waals surface area contributed by atoms with Gasteiger partial charge in [0.15, 0.2) is 6.10 Å². The molecule has 0 fully saturated rings. The highest BCUT2D eigenvalue weighted by Gasteiger charge is 2.19. The summed E-state index contributed by atoms with van der Waals surface area (Å²) in [4.78, 5) is 38.0. The maximum absolute atomic E-state index is 12.8. The number of allylic oxidation sites excluding steroid dienone is 14. The Kier molecular flexibility index (Phi) is 66.2. The van der Waals surface area contributed by atoms with Crippen molar-refractivity contribution in [2.45, 2.75) is 361 Å². The standard InChI is InChI=1S/C75H132O6/c1-4-7-10-13-15-17-19-21-23-25-27-29-31-32-33-34-35-36-37-38-39-40-41-42-44-45-47-49-51-53-55-57-59-62-65-68-74(77)80-71-72(70-79-73(76)67-64-61-12-9-6-3)81-75(78)69-66-63-60-58-56-54-52-50-48-46-43-30-28-26-24-22-20-18-16-14-11-8-5-2/h7,10,15,17,21,23,26-29,32-33,35-36,72H,4-6,8-9,11-14,16,18-20,22,24-25,30-31,34,37-71H2,1-3H3/b10-7-,17-15-,23-21-,28-26-,29-27-,33-32-,36-35-. The normalized spacial score (nSPS) is 12.6. The van der Waals surface area contributed by atoms with Crippen LogP contribution in [0.2, 0.25) is 0 Å². The largest absolute Gasteiger partial charge is 0.462 e. The molecule has 0 saturated heterocycles. The van der Waals surface area contributed by atoms with Crippen molar-refractivity contribution in [1.29, 1.82) is 0 Å². The van der Waals surface area contributed by atoms with E-state index in [0.717, 1.165) is 103 Å². The summed E-state index contributed by atoms with van der Waals surface area (Å²) in [5.41, 5.74) is 0. The van der Waals surface area contributed by atoms with Gasteiger partial charge in [-0.25, -0.2) is 0 Å². The minimum Gasteiger partial charge on any atom is -0.462 e. The molecule has 0 amide bonds. The van der Waals surface area contributed by atoms with Gasteiger partial charge in [-0.1, -0.05) is 324 Å². The van der Waals surface area contributed by atoms with Crippen LogP contribution in [0.15, 0.2) is 85.1 Å². The Morgan fingerprint density at radius 3 is 0.765 bits per heavy atom. The van der Waals surface area contributed by atoms with Gasteiger partial charge in [0.2, 0.25) is 0 Å². The van der Waals surface area contributed by atoms with Gasteiger partial charge < -0.3 is 14.2 Å². The Bertz CT molecular complexity index is 1530. The lowest BCUT2D eigenvalue weighted by Crippen LogP contribution is -2.30.